The number of benzene rings is 1. The van der Waals surface area contributed by atoms with E-state index in [1.807, 2.05) is 41.4 Å². The van der Waals surface area contributed by atoms with E-state index < -0.39 is 0 Å². The molecule has 0 saturated heterocycles. The van der Waals surface area contributed by atoms with E-state index in [2.05, 4.69) is 15.2 Å². The Bertz CT molecular complexity index is 886. The van der Waals surface area contributed by atoms with E-state index in [9.17, 15) is 4.79 Å². The highest BCUT2D eigenvalue weighted by molar-refractivity contribution is 5.89. The van der Waals surface area contributed by atoms with Gasteiger partial charge in [0.2, 0.25) is 5.91 Å². The van der Waals surface area contributed by atoms with E-state index in [1.165, 1.54) is 0 Å². The van der Waals surface area contributed by atoms with Crippen molar-refractivity contribution in [1.29, 1.82) is 0 Å². The molecule has 0 bridgehead atoms. The van der Waals surface area contributed by atoms with Gasteiger partial charge in [0, 0.05) is 36.6 Å². The van der Waals surface area contributed by atoms with Gasteiger partial charge in [-0.1, -0.05) is 18.2 Å². The molecule has 1 aliphatic rings. The molecule has 0 unspecified atom stereocenters. The second-order valence-corrected chi connectivity index (χ2v) is 5.84. The van der Waals surface area contributed by atoms with Crippen molar-refractivity contribution in [2.24, 2.45) is 0 Å². The summed E-state index contributed by atoms with van der Waals surface area (Å²) in [7, 11) is 0. The third-order valence-corrected chi connectivity index (χ3v) is 4.33. The monoisotopic (exact) mass is 307 g/mol. The van der Waals surface area contributed by atoms with E-state index >= 15 is 0 Å². The Morgan fingerprint density at radius 1 is 1.30 bits per heavy atom. The maximum atomic E-state index is 12.6. The molecular weight excluding hydrogens is 290 g/mol. The molecule has 1 aromatic carbocycles. The lowest BCUT2D eigenvalue weighted by atomic mass is 10.0. The van der Waals surface area contributed by atoms with Crippen molar-refractivity contribution < 1.29 is 4.79 Å². The van der Waals surface area contributed by atoms with Crippen molar-refractivity contribution in [2.45, 2.75) is 19.4 Å². The van der Waals surface area contributed by atoms with Gasteiger partial charge in [-0.2, -0.15) is 5.10 Å². The number of para-hydroxylation sites is 1. The molecular formula is C17H17N5O. The first-order chi connectivity index (χ1) is 11.2. The molecule has 0 fully saturated rings. The van der Waals surface area contributed by atoms with Crippen LogP contribution < -0.4 is 5.73 Å². The minimum Gasteiger partial charge on any atom is -0.382 e. The van der Waals surface area contributed by atoms with Crippen LogP contribution in [0.25, 0.3) is 10.9 Å². The molecule has 6 nitrogen and oxygen atoms in total. The predicted octanol–water partition coefficient (Wildman–Crippen LogP) is 1.67. The number of nitrogens with zero attached hydrogens (tertiary/aromatic N) is 3. The molecule has 4 rings (SSSR count). The Labute approximate surface area is 133 Å². The van der Waals surface area contributed by atoms with Gasteiger partial charge in [0.1, 0.15) is 5.82 Å². The number of nitrogens with one attached hydrogen (secondary N) is 1. The van der Waals surface area contributed by atoms with Crippen molar-refractivity contribution >= 4 is 22.6 Å². The van der Waals surface area contributed by atoms with E-state index in [0.29, 0.717) is 25.3 Å². The number of hydrogen-bond donors (Lipinski definition) is 2. The summed E-state index contributed by atoms with van der Waals surface area (Å²) in [5.41, 5.74) is 9.72. The molecule has 2 aromatic heterocycles. The first-order valence-corrected chi connectivity index (χ1v) is 7.64. The average molecular weight is 307 g/mol. The number of aromatic amines is 1. The molecule has 0 spiro atoms. The minimum atomic E-state index is 0.121. The fourth-order valence-electron chi connectivity index (χ4n) is 3.11. The maximum Gasteiger partial charge on any atom is 0.227 e. The topological polar surface area (TPSA) is 87.9 Å². The largest absolute Gasteiger partial charge is 0.382 e. The van der Waals surface area contributed by atoms with Crippen LogP contribution in [0.5, 0.6) is 0 Å². The molecule has 1 amide bonds. The van der Waals surface area contributed by atoms with Crippen molar-refractivity contribution in [3.05, 3.63) is 53.3 Å². The second-order valence-electron chi connectivity index (χ2n) is 5.84. The molecule has 0 saturated carbocycles. The zero-order chi connectivity index (χ0) is 15.8. The Hall–Kier alpha value is -2.89. The maximum absolute atomic E-state index is 12.6. The van der Waals surface area contributed by atoms with Crippen molar-refractivity contribution in [3.8, 4) is 0 Å². The van der Waals surface area contributed by atoms with Gasteiger partial charge < -0.3 is 15.6 Å². The fraction of sp³-hybridized carbons (Fsp3) is 0.235. The molecule has 3 aromatic rings. The lowest BCUT2D eigenvalue weighted by molar-refractivity contribution is -0.131. The lowest BCUT2D eigenvalue weighted by Crippen LogP contribution is -2.37. The SMILES string of the molecule is Nc1cc2c(nn1)CCN(C(=O)Cc1c[nH]c3ccccc13)C2. The molecule has 3 heterocycles. The Morgan fingerprint density at radius 3 is 3.09 bits per heavy atom. The number of fused-ring (bicyclic) bond motifs is 2. The number of amides is 1. The van der Waals surface area contributed by atoms with Gasteiger partial charge in [-0.05, 0) is 23.3 Å². The van der Waals surface area contributed by atoms with Gasteiger partial charge in [-0.25, -0.2) is 0 Å². The normalized spacial score (nSPS) is 14.0. The standard InChI is InChI=1S/C17H17N5O/c18-16-7-12-10-22(6-5-14(12)20-21-16)17(23)8-11-9-19-15-4-2-1-3-13(11)15/h1-4,7,9,19H,5-6,8,10H2,(H2,18,21). The highest BCUT2D eigenvalue weighted by atomic mass is 16.2. The van der Waals surface area contributed by atoms with Crippen molar-refractivity contribution in [2.75, 3.05) is 12.3 Å². The van der Waals surface area contributed by atoms with Crippen LogP contribution in [0.15, 0.2) is 36.5 Å². The van der Waals surface area contributed by atoms with Gasteiger partial charge in [-0.15, -0.1) is 5.10 Å². The van der Waals surface area contributed by atoms with Gasteiger partial charge in [0.15, 0.2) is 0 Å². The average Bonchev–Trinajstić information content (AvgIpc) is 2.97. The van der Waals surface area contributed by atoms with Crippen LogP contribution in [0, 0.1) is 0 Å². The summed E-state index contributed by atoms with van der Waals surface area (Å²) < 4.78 is 0. The third-order valence-electron chi connectivity index (χ3n) is 4.33. The Morgan fingerprint density at radius 2 is 2.17 bits per heavy atom. The van der Waals surface area contributed by atoms with Crippen LogP contribution in [0.3, 0.4) is 0 Å². The summed E-state index contributed by atoms with van der Waals surface area (Å²) in [6.07, 6.45) is 3.04. The van der Waals surface area contributed by atoms with E-state index in [0.717, 1.165) is 34.1 Å². The first kappa shape index (κ1) is 13.8. The van der Waals surface area contributed by atoms with E-state index in [-0.39, 0.29) is 5.91 Å². The molecule has 3 N–H and O–H groups in total. The number of nitrogens with two attached hydrogens (primary N) is 1. The van der Waals surface area contributed by atoms with Gasteiger partial charge in [0.05, 0.1) is 12.1 Å². The molecule has 0 radical (unpaired) electrons. The number of H-pyrrole nitrogens is 1. The third kappa shape index (κ3) is 2.52. The van der Waals surface area contributed by atoms with E-state index in [4.69, 9.17) is 5.73 Å². The molecule has 23 heavy (non-hydrogen) atoms. The zero-order valence-electron chi connectivity index (χ0n) is 12.6. The van der Waals surface area contributed by atoms with Crippen LogP contribution in [-0.2, 0) is 24.2 Å². The summed E-state index contributed by atoms with van der Waals surface area (Å²) in [5.74, 6) is 0.519. The van der Waals surface area contributed by atoms with E-state index in [1.54, 1.807) is 0 Å². The highest BCUT2D eigenvalue weighted by Gasteiger charge is 2.22. The van der Waals surface area contributed by atoms with Crippen LogP contribution >= 0.6 is 0 Å². The number of carbonyl (C=O) groups excluding carboxylic acids is 1. The summed E-state index contributed by atoms with van der Waals surface area (Å²) in [6, 6.07) is 9.84. The number of carbonyl (C=O) groups is 1. The molecule has 0 atom stereocenters. The number of aromatic nitrogens is 3. The zero-order valence-corrected chi connectivity index (χ0v) is 12.6. The number of nitrogen functional groups attached to an aromatic ring is 1. The molecule has 116 valence electrons. The summed E-state index contributed by atoms with van der Waals surface area (Å²) in [6.45, 7) is 1.23. The number of anilines is 1. The summed E-state index contributed by atoms with van der Waals surface area (Å²) in [4.78, 5) is 17.7. The number of hydrogen-bond acceptors (Lipinski definition) is 4. The van der Waals surface area contributed by atoms with Crippen LogP contribution in [-0.4, -0.2) is 32.5 Å². The molecule has 6 heteroatoms. The minimum absolute atomic E-state index is 0.121. The Kier molecular flexibility index (Phi) is 3.22. The summed E-state index contributed by atoms with van der Waals surface area (Å²) >= 11 is 0. The van der Waals surface area contributed by atoms with Gasteiger partial charge >= 0.3 is 0 Å². The quantitative estimate of drug-likeness (QED) is 0.754. The predicted molar refractivity (Wildman–Crippen MR) is 87.6 cm³/mol. The van der Waals surface area contributed by atoms with Crippen molar-refractivity contribution in [3.63, 3.8) is 0 Å². The number of rotatable bonds is 2. The fourth-order valence-corrected chi connectivity index (χ4v) is 3.11. The summed E-state index contributed by atoms with van der Waals surface area (Å²) in [5, 5.41) is 9.09. The van der Waals surface area contributed by atoms with Crippen LogP contribution in [0.1, 0.15) is 16.8 Å². The van der Waals surface area contributed by atoms with Crippen LogP contribution in [0.2, 0.25) is 0 Å². The lowest BCUT2D eigenvalue weighted by Gasteiger charge is -2.28. The second kappa shape index (κ2) is 5.39. The van der Waals surface area contributed by atoms with Gasteiger partial charge in [0.25, 0.3) is 0 Å². The van der Waals surface area contributed by atoms with Gasteiger partial charge in [-0.3, -0.25) is 4.79 Å². The first-order valence-electron chi connectivity index (χ1n) is 7.64. The van der Waals surface area contributed by atoms with Crippen LogP contribution in [0.4, 0.5) is 5.82 Å². The van der Waals surface area contributed by atoms with Crippen molar-refractivity contribution in [1.82, 2.24) is 20.1 Å². The molecule has 1 aliphatic heterocycles. The highest BCUT2D eigenvalue weighted by Crippen LogP contribution is 2.21. The smallest absolute Gasteiger partial charge is 0.227 e. The Balaban J connectivity index is 1.54. The molecule has 0 aliphatic carbocycles.